The van der Waals surface area contributed by atoms with Crippen molar-refractivity contribution in [3.05, 3.63) is 98.1 Å². The van der Waals surface area contributed by atoms with Gasteiger partial charge in [-0.2, -0.15) is 0 Å². The maximum atomic E-state index is 12.1. The van der Waals surface area contributed by atoms with E-state index in [1.54, 1.807) is 58.0 Å². The van der Waals surface area contributed by atoms with Gasteiger partial charge in [0.25, 0.3) is 5.70 Å². The summed E-state index contributed by atoms with van der Waals surface area (Å²) in [6.45, 7) is 11.2. The van der Waals surface area contributed by atoms with Crippen LogP contribution in [-0.2, 0) is 5.41 Å². The second kappa shape index (κ2) is 6.82. The average molecular weight is 378 g/mol. The molecular formula is C23H24NO4. The topological polar surface area (TPSA) is 83.6 Å². The van der Waals surface area contributed by atoms with Gasteiger partial charge in [-0.05, 0) is 74.4 Å². The highest BCUT2D eigenvalue weighted by atomic mass is 16.6. The van der Waals surface area contributed by atoms with E-state index in [0.717, 1.165) is 16.7 Å². The second-order valence-corrected chi connectivity index (χ2v) is 7.63. The molecule has 1 aliphatic rings. The van der Waals surface area contributed by atoms with Crippen molar-refractivity contribution >= 4 is 0 Å². The first-order valence-corrected chi connectivity index (χ1v) is 9.07. The molecule has 1 radical (unpaired) electrons. The molecule has 5 nitrogen and oxygen atoms in total. The molecule has 0 spiro atoms. The van der Waals surface area contributed by atoms with Gasteiger partial charge < -0.3 is 10.2 Å². The third kappa shape index (κ3) is 2.97. The molecule has 5 heteroatoms. The molecule has 1 aliphatic carbocycles. The van der Waals surface area contributed by atoms with Crippen molar-refractivity contribution in [2.45, 2.75) is 39.5 Å². The molecule has 0 saturated heterocycles. The van der Waals surface area contributed by atoms with Gasteiger partial charge in [-0.15, -0.1) is 0 Å². The summed E-state index contributed by atoms with van der Waals surface area (Å²) in [4.78, 5) is 11.7. The van der Waals surface area contributed by atoms with Crippen molar-refractivity contribution in [3.63, 3.8) is 0 Å². The van der Waals surface area contributed by atoms with Crippen molar-refractivity contribution in [2.24, 2.45) is 0 Å². The summed E-state index contributed by atoms with van der Waals surface area (Å²) in [5.41, 5.74) is 3.83. The zero-order chi connectivity index (χ0) is 20.8. The number of nitro groups is 1. The fourth-order valence-corrected chi connectivity index (χ4v) is 4.12. The molecule has 0 unspecified atom stereocenters. The fraction of sp³-hybridized carbons (Fsp3) is 0.261. The molecule has 2 N–H and O–H groups in total. The van der Waals surface area contributed by atoms with Crippen LogP contribution in [0.15, 0.2) is 47.7 Å². The molecule has 0 aromatic heterocycles. The zero-order valence-electron chi connectivity index (χ0n) is 16.5. The Labute approximate surface area is 164 Å². The Hall–Kier alpha value is -3.08. The monoisotopic (exact) mass is 378 g/mol. The number of rotatable bonds is 3. The molecule has 0 fully saturated rings. The zero-order valence-corrected chi connectivity index (χ0v) is 16.5. The summed E-state index contributed by atoms with van der Waals surface area (Å²) in [5, 5.41) is 32.5. The van der Waals surface area contributed by atoms with E-state index in [1.807, 2.05) is 0 Å². The number of phenols is 2. The largest absolute Gasteiger partial charge is 0.507 e. The smallest absolute Gasteiger partial charge is 0.261 e. The summed E-state index contributed by atoms with van der Waals surface area (Å²) in [7, 11) is 0. The minimum Gasteiger partial charge on any atom is -0.507 e. The fourth-order valence-electron chi connectivity index (χ4n) is 4.12. The maximum absolute atomic E-state index is 12.1. The van der Waals surface area contributed by atoms with Crippen LogP contribution < -0.4 is 0 Å². The molecular weight excluding hydrogens is 354 g/mol. The number of benzene rings is 2. The Morgan fingerprint density at radius 2 is 1.29 bits per heavy atom. The molecule has 0 saturated carbocycles. The van der Waals surface area contributed by atoms with Gasteiger partial charge in [0.1, 0.15) is 16.9 Å². The van der Waals surface area contributed by atoms with Crippen molar-refractivity contribution in [1.82, 2.24) is 0 Å². The highest BCUT2D eigenvalue weighted by molar-refractivity contribution is 5.58. The molecule has 28 heavy (non-hydrogen) atoms. The lowest BCUT2D eigenvalue weighted by molar-refractivity contribution is -0.434. The molecule has 3 rings (SSSR count). The van der Waals surface area contributed by atoms with Crippen LogP contribution in [-0.4, -0.2) is 15.1 Å². The Kier molecular flexibility index (Phi) is 4.79. The number of nitrogens with zero attached hydrogens (tertiary/aromatic N) is 1. The van der Waals surface area contributed by atoms with Crippen molar-refractivity contribution in [2.75, 3.05) is 0 Å². The lowest BCUT2D eigenvalue weighted by Crippen LogP contribution is -2.36. The molecule has 0 bridgehead atoms. The summed E-state index contributed by atoms with van der Waals surface area (Å²) in [5.74, 6) is 0.370. The molecule has 0 amide bonds. The van der Waals surface area contributed by atoms with Gasteiger partial charge in [-0.1, -0.05) is 35.9 Å². The lowest BCUT2D eigenvalue weighted by atomic mass is 9.65. The highest BCUT2D eigenvalue weighted by Gasteiger charge is 2.48. The number of phenolic OH excluding ortho intramolecular Hbond substituents is 2. The number of hydrogen-bond acceptors (Lipinski definition) is 4. The van der Waals surface area contributed by atoms with E-state index in [-0.39, 0.29) is 22.1 Å². The van der Waals surface area contributed by atoms with E-state index in [2.05, 4.69) is 6.92 Å². The minimum absolute atomic E-state index is 0.0499. The molecule has 2 aromatic rings. The minimum atomic E-state index is -1.07. The van der Waals surface area contributed by atoms with Gasteiger partial charge in [0.2, 0.25) is 0 Å². The van der Waals surface area contributed by atoms with Gasteiger partial charge in [0.05, 0.1) is 4.92 Å². The second-order valence-electron chi connectivity index (χ2n) is 7.63. The van der Waals surface area contributed by atoms with Crippen LogP contribution in [0.4, 0.5) is 0 Å². The van der Waals surface area contributed by atoms with Gasteiger partial charge in [0.15, 0.2) is 0 Å². The molecule has 2 aromatic carbocycles. The predicted octanol–water partition coefficient (Wildman–Crippen LogP) is 4.94. The van der Waals surface area contributed by atoms with Crippen LogP contribution >= 0.6 is 0 Å². The van der Waals surface area contributed by atoms with E-state index >= 15 is 0 Å². The Balaban J connectivity index is 2.44. The number of aromatic hydroxyl groups is 2. The summed E-state index contributed by atoms with van der Waals surface area (Å²) >= 11 is 0. The average Bonchev–Trinajstić information content (AvgIpc) is 2.62. The quantitative estimate of drug-likeness (QED) is 0.585. The summed E-state index contributed by atoms with van der Waals surface area (Å²) in [6, 6.07) is 7.21. The van der Waals surface area contributed by atoms with Crippen molar-refractivity contribution < 1.29 is 15.1 Å². The Morgan fingerprint density at radius 3 is 1.64 bits per heavy atom. The van der Waals surface area contributed by atoms with Gasteiger partial charge in [-0.3, -0.25) is 10.1 Å². The standard InChI is InChI=1S/C23H24NO4/c1-13-6-7-20(24(27)28)23(12-13,18-8-14(2)21(25)15(3)9-18)19-10-16(4)22(26)17(5)11-19/h6-11,25-26H,1,12H2,2-5H3. The van der Waals surface area contributed by atoms with E-state index in [4.69, 9.17) is 0 Å². The van der Waals surface area contributed by atoms with Crippen LogP contribution in [0.1, 0.15) is 39.8 Å². The van der Waals surface area contributed by atoms with Gasteiger partial charge >= 0.3 is 0 Å². The van der Waals surface area contributed by atoms with Crippen LogP contribution in [0, 0.1) is 44.7 Å². The first-order valence-electron chi connectivity index (χ1n) is 9.07. The first kappa shape index (κ1) is 19.7. The molecule has 145 valence electrons. The SMILES string of the molecule is [CH2]C1=CC=C([N+](=O)[O-])C(c2cc(C)c(O)c(C)c2)(c2cc(C)c(O)c(C)c2)C1. The number of hydrogen-bond donors (Lipinski definition) is 2. The summed E-state index contributed by atoms with van der Waals surface area (Å²) in [6.07, 6.45) is 3.53. The van der Waals surface area contributed by atoms with E-state index in [9.17, 15) is 20.3 Å². The van der Waals surface area contributed by atoms with Crippen LogP contribution in [0.2, 0.25) is 0 Å². The van der Waals surface area contributed by atoms with Crippen molar-refractivity contribution in [1.29, 1.82) is 0 Å². The van der Waals surface area contributed by atoms with E-state index < -0.39 is 5.41 Å². The number of allylic oxidation sites excluding steroid dienone is 4. The van der Waals surface area contributed by atoms with Crippen LogP contribution in [0.5, 0.6) is 11.5 Å². The normalized spacial score (nSPS) is 15.8. The van der Waals surface area contributed by atoms with Gasteiger partial charge in [-0.25, -0.2) is 0 Å². The molecule has 0 heterocycles. The Bertz CT molecular complexity index is 943. The van der Waals surface area contributed by atoms with Gasteiger partial charge in [0, 0.05) is 6.08 Å². The highest BCUT2D eigenvalue weighted by Crippen LogP contribution is 2.48. The Morgan fingerprint density at radius 1 is 0.893 bits per heavy atom. The third-order valence-electron chi connectivity index (χ3n) is 5.57. The van der Waals surface area contributed by atoms with Crippen molar-refractivity contribution in [3.8, 4) is 11.5 Å². The lowest BCUT2D eigenvalue weighted by Gasteiger charge is -2.35. The van der Waals surface area contributed by atoms with Crippen LogP contribution in [0.3, 0.4) is 0 Å². The van der Waals surface area contributed by atoms with Crippen LogP contribution in [0.25, 0.3) is 0 Å². The maximum Gasteiger partial charge on any atom is 0.261 e. The third-order valence-corrected chi connectivity index (χ3v) is 5.57. The summed E-state index contributed by atoms with van der Waals surface area (Å²) < 4.78 is 0. The number of aryl methyl sites for hydroxylation is 4. The molecule has 0 atom stereocenters. The van der Waals surface area contributed by atoms with E-state index in [0.29, 0.717) is 28.7 Å². The molecule has 0 aliphatic heterocycles. The predicted molar refractivity (Wildman–Crippen MR) is 109 cm³/mol. The van der Waals surface area contributed by atoms with E-state index in [1.165, 1.54) is 6.08 Å². The first-order chi connectivity index (χ1) is 13.1.